The van der Waals surface area contributed by atoms with Gasteiger partial charge in [0.15, 0.2) is 0 Å². The summed E-state index contributed by atoms with van der Waals surface area (Å²) in [4.78, 5) is 4.79. The van der Waals surface area contributed by atoms with Crippen molar-refractivity contribution in [3.8, 4) is 5.75 Å². The molecule has 0 aromatic heterocycles. The van der Waals surface area contributed by atoms with Crippen LogP contribution < -0.4 is 10.6 Å². The summed E-state index contributed by atoms with van der Waals surface area (Å²) >= 11 is 4.87. The van der Waals surface area contributed by atoms with Crippen LogP contribution in [0.5, 0.6) is 5.75 Å². The summed E-state index contributed by atoms with van der Waals surface area (Å²) in [6, 6.07) is 12.5. The first-order valence-electron chi connectivity index (χ1n) is 6.97. The van der Waals surface area contributed by atoms with Crippen LogP contribution in [-0.4, -0.2) is 27.7 Å². The lowest BCUT2D eigenvalue weighted by atomic mass is 10.0. The average Bonchev–Trinajstić information content (AvgIpc) is 2.82. The molecule has 0 saturated carbocycles. The third-order valence-electron chi connectivity index (χ3n) is 3.94. The Balaban J connectivity index is 2.01. The summed E-state index contributed by atoms with van der Waals surface area (Å²) in [6.45, 7) is 0.402. The third kappa shape index (κ3) is 3.08. The van der Waals surface area contributed by atoms with Crippen LogP contribution in [-0.2, 0) is 9.57 Å². The second kappa shape index (κ2) is 7.16. The predicted molar refractivity (Wildman–Crippen MR) is 104 cm³/mol. The normalized spacial score (nSPS) is 28.2. The summed E-state index contributed by atoms with van der Waals surface area (Å²) in [5.41, 5.74) is 1.08. The molecule has 1 aliphatic rings. The molecular weight excluding hydrogens is 508 g/mol. The Morgan fingerprint density at radius 1 is 1.14 bits per heavy atom. The van der Waals surface area contributed by atoms with E-state index in [-0.39, 0.29) is 12.2 Å². The monoisotopic (exact) mass is 525 g/mol. The molecule has 6 heteroatoms. The van der Waals surface area contributed by atoms with Gasteiger partial charge < -0.3 is 14.3 Å². The van der Waals surface area contributed by atoms with Gasteiger partial charge in [-0.25, -0.2) is 5.90 Å². The Labute approximate surface area is 156 Å². The molecule has 4 nitrogen and oxygen atoms in total. The number of ether oxygens (including phenoxy) is 2. The van der Waals surface area contributed by atoms with Gasteiger partial charge in [-0.3, -0.25) is 0 Å². The van der Waals surface area contributed by atoms with Crippen molar-refractivity contribution in [2.24, 2.45) is 5.90 Å². The molecule has 1 heterocycles. The number of nitrogens with two attached hydrogens (primary N) is 1. The number of benzene rings is 2. The van der Waals surface area contributed by atoms with Gasteiger partial charge in [0, 0.05) is 5.56 Å². The van der Waals surface area contributed by atoms with E-state index in [1.165, 1.54) is 10.8 Å². The number of hydrogen-bond donors (Lipinski definition) is 1. The van der Waals surface area contributed by atoms with Crippen LogP contribution in [0.25, 0.3) is 10.8 Å². The second-order valence-corrected chi connectivity index (χ2v) is 8.14. The van der Waals surface area contributed by atoms with Gasteiger partial charge in [0.25, 0.3) is 0 Å². The van der Waals surface area contributed by atoms with E-state index >= 15 is 0 Å². The van der Waals surface area contributed by atoms with Crippen molar-refractivity contribution in [2.75, 3.05) is 13.7 Å². The zero-order valence-electron chi connectivity index (χ0n) is 12.0. The van der Waals surface area contributed by atoms with E-state index in [4.69, 9.17) is 20.2 Å². The molecule has 2 aromatic rings. The van der Waals surface area contributed by atoms with E-state index in [0.717, 1.165) is 11.3 Å². The fourth-order valence-corrected chi connectivity index (χ4v) is 4.59. The molecule has 22 heavy (non-hydrogen) atoms. The Morgan fingerprint density at radius 3 is 2.45 bits per heavy atom. The molecule has 0 radical (unpaired) electrons. The highest BCUT2D eigenvalue weighted by Gasteiger charge is 2.43. The summed E-state index contributed by atoms with van der Waals surface area (Å²) in [5.74, 6) is 6.08. The van der Waals surface area contributed by atoms with Gasteiger partial charge in [0.1, 0.15) is 5.75 Å². The van der Waals surface area contributed by atoms with Crippen molar-refractivity contribution in [2.45, 2.75) is 20.1 Å². The van der Waals surface area contributed by atoms with Crippen LogP contribution in [0.2, 0.25) is 0 Å². The van der Waals surface area contributed by atoms with Crippen molar-refractivity contribution in [1.82, 2.24) is 0 Å². The minimum absolute atomic E-state index is 0.00586. The molecule has 0 bridgehead atoms. The molecule has 4 atom stereocenters. The van der Waals surface area contributed by atoms with E-state index in [2.05, 4.69) is 69.4 Å². The Bertz CT molecular complexity index is 667. The quantitative estimate of drug-likeness (QED) is 0.376. The van der Waals surface area contributed by atoms with Crippen molar-refractivity contribution in [3.63, 3.8) is 0 Å². The number of methoxy groups -OCH3 is 1. The lowest BCUT2D eigenvalue weighted by Crippen LogP contribution is -2.26. The lowest BCUT2D eigenvalue weighted by molar-refractivity contribution is -0.0138. The van der Waals surface area contributed by atoms with Crippen molar-refractivity contribution in [3.05, 3.63) is 42.0 Å². The average molecular weight is 525 g/mol. The fraction of sp³-hybridized carbons (Fsp3) is 0.375. The van der Waals surface area contributed by atoms with Crippen LogP contribution in [0.3, 0.4) is 0 Å². The van der Waals surface area contributed by atoms with E-state index in [9.17, 15) is 0 Å². The Kier molecular flexibility index (Phi) is 5.43. The van der Waals surface area contributed by atoms with Gasteiger partial charge in [-0.05, 0) is 22.9 Å². The maximum absolute atomic E-state index is 6.20. The smallest absolute Gasteiger partial charge is 0.125 e. The predicted octanol–water partition coefficient (Wildman–Crippen LogP) is 3.79. The van der Waals surface area contributed by atoms with E-state index in [1.807, 2.05) is 12.1 Å². The third-order valence-corrected chi connectivity index (χ3v) is 8.32. The topological polar surface area (TPSA) is 53.7 Å². The molecule has 118 valence electrons. The van der Waals surface area contributed by atoms with Crippen LogP contribution in [0, 0.1) is 0 Å². The molecule has 1 fully saturated rings. The summed E-state index contributed by atoms with van der Waals surface area (Å²) in [6.07, 6.45) is -0.0316. The van der Waals surface area contributed by atoms with Crippen LogP contribution in [0.15, 0.2) is 36.4 Å². The largest absolute Gasteiger partial charge is 0.496 e. The zero-order valence-corrected chi connectivity index (χ0v) is 16.4. The summed E-state index contributed by atoms with van der Waals surface area (Å²) in [7, 11) is 1.70. The highest BCUT2D eigenvalue weighted by Crippen LogP contribution is 2.45. The highest BCUT2D eigenvalue weighted by molar-refractivity contribution is 14.1. The highest BCUT2D eigenvalue weighted by atomic mass is 127. The molecule has 2 aromatic carbocycles. The fourth-order valence-electron chi connectivity index (χ4n) is 2.82. The molecule has 0 amide bonds. The van der Waals surface area contributed by atoms with Gasteiger partial charge in [0.05, 0.1) is 33.8 Å². The summed E-state index contributed by atoms with van der Waals surface area (Å²) < 4.78 is 12.5. The van der Waals surface area contributed by atoms with Gasteiger partial charge in [0.2, 0.25) is 0 Å². The van der Waals surface area contributed by atoms with Crippen molar-refractivity contribution in [1.29, 1.82) is 0 Å². The molecule has 2 unspecified atom stereocenters. The maximum atomic E-state index is 6.20. The molecule has 2 N–H and O–H groups in total. The molecular formula is C16H17I2NO3. The van der Waals surface area contributed by atoms with Gasteiger partial charge >= 0.3 is 0 Å². The molecule has 3 rings (SSSR count). The second-order valence-electron chi connectivity index (χ2n) is 5.26. The standard InChI is InChI=1S/C16H17I2NO3/c1-20-12-7-10-5-3-2-4-9(10)6-11(12)16-15(18)14(17)13(22-16)8-21-19/h2-7,13-16H,8,19H2,1H3/t13-,14?,15?,16+/m1/s1. The number of rotatable bonds is 4. The van der Waals surface area contributed by atoms with E-state index in [1.54, 1.807) is 7.11 Å². The molecule has 0 spiro atoms. The van der Waals surface area contributed by atoms with Crippen LogP contribution in [0.4, 0.5) is 0 Å². The molecule has 1 saturated heterocycles. The molecule has 1 aliphatic heterocycles. The molecule has 0 aliphatic carbocycles. The van der Waals surface area contributed by atoms with E-state index in [0.29, 0.717) is 14.5 Å². The zero-order chi connectivity index (χ0) is 15.7. The Morgan fingerprint density at radius 2 is 1.82 bits per heavy atom. The number of fused-ring (bicyclic) bond motifs is 1. The summed E-state index contributed by atoms with van der Waals surface area (Å²) in [5, 5.41) is 2.35. The first kappa shape index (κ1) is 16.7. The SMILES string of the molecule is COc1cc2ccccc2cc1[C@@H]1O[C@H](CON)C(I)C1I. The van der Waals surface area contributed by atoms with Crippen molar-refractivity contribution >= 4 is 56.0 Å². The van der Waals surface area contributed by atoms with Crippen LogP contribution >= 0.6 is 45.2 Å². The minimum atomic E-state index is -0.0257. The number of halogens is 2. The number of alkyl halides is 2. The Hall–Kier alpha value is -0.160. The van der Waals surface area contributed by atoms with Gasteiger partial charge in [-0.15, -0.1) is 0 Å². The number of hydrogen-bond acceptors (Lipinski definition) is 4. The minimum Gasteiger partial charge on any atom is -0.496 e. The maximum Gasteiger partial charge on any atom is 0.125 e. The first-order chi connectivity index (χ1) is 10.7. The van der Waals surface area contributed by atoms with Gasteiger partial charge in [-0.1, -0.05) is 69.4 Å². The first-order valence-corrected chi connectivity index (χ1v) is 9.46. The van der Waals surface area contributed by atoms with E-state index < -0.39 is 0 Å². The van der Waals surface area contributed by atoms with Crippen LogP contribution in [0.1, 0.15) is 11.7 Å². The van der Waals surface area contributed by atoms with Crippen molar-refractivity contribution < 1.29 is 14.3 Å². The lowest BCUT2D eigenvalue weighted by Gasteiger charge is -2.19. The van der Waals surface area contributed by atoms with Gasteiger partial charge in [-0.2, -0.15) is 0 Å².